The quantitative estimate of drug-likeness (QED) is 0.372. The maximum Gasteiger partial charge on any atom is 0.0627 e. The second-order valence-corrected chi connectivity index (χ2v) is 2.71. The summed E-state index contributed by atoms with van der Waals surface area (Å²) in [5, 5.41) is 0.359. The van der Waals surface area contributed by atoms with Gasteiger partial charge in [0, 0.05) is 6.42 Å². The average molecular weight is 126 g/mol. The first-order valence-electron chi connectivity index (χ1n) is 3.06. The van der Waals surface area contributed by atoms with Crippen LogP contribution in [0.4, 0.5) is 0 Å². The molecular formula is C7H10S. The van der Waals surface area contributed by atoms with E-state index in [2.05, 4.69) is 24.5 Å². The summed E-state index contributed by atoms with van der Waals surface area (Å²) in [7, 11) is 0. The van der Waals surface area contributed by atoms with E-state index < -0.39 is 0 Å². The summed E-state index contributed by atoms with van der Waals surface area (Å²) in [6.07, 6.45) is 4.81. The van der Waals surface area contributed by atoms with E-state index in [1.165, 1.54) is 19.3 Å². The van der Waals surface area contributed by atoms with Crippen LogP contribution in [0.5, 0.6) is 0 Å². The van der Waals surface area contributed by atoms with Gasteiger partial charge in [-0.1, -0.05) is 12.3 Å². The lowest BCUT2D eigenvalue weighted by atomic mass is 10.2. The second kappa shape index (κ2) is 3.04. The van der Waals surface area contributed by atoms with Gasteiger partial charge in [0.2, 0.25) is 0 Å². The summed E-state index contributed by atoms with van der Waals surface area (Å²) in [6.45, 7) is 0. The van der Waals surface area contributed by atoms with Gasteiger partial charge < -0.3 is 0 Å². The summed E-state index contributed by atoms with van der Waals surface area (Å²) in [5.41, 5.74) is 0. The van der Waals surface area contributed by atoms with E-state index in [1.54, 1.807) is 0 Å². The van der Waals surface area contributed by atoms with Gasteiger partial charge in [-0.15, -0.1) is 5.92 Å². The highest BCUT2D eigenvalue weighted by atomic mass is 32.1. The molecule has 0 amide bonds. The van der Waals surface area contributed by atoms with Crippen molar-refractivity contribution >= 4 is 12.6 Å². The fourth-order valence-electron chi connectivity index (χ4n) is 0.813. The smallest absolute Gasteiger partial charge is 0.0627 e. The Kier molecular flexibility index (Phi) is 2.29. The summed E-state index contributed by atoms with van der Waals surface area (Å²) in [4.78, 5) is 0. The molecule has 8 heavy (non-hydrogen) atoms. The fourth-order valence-corrected chi connectivity index (χ4v) is 1.09. The molecule has 1 aliphatic rings. The molecular weight excluding hydrogens is 116 g/mol. The largest absolute Gasteiger partial charge is 0.163 e. The molecule has 0 aromatic carbocycles. The normalized spacial score (nSPS) is 27.9. The van der Waals surface area contributed by atoms with Crippen molar-refractivity contribution in [3.8, 4) is 11.8 Å². The number of hydrogen-bond acceptors (Lipinski definition) is 1. The predicted octanol–water partition coefficient (Wildman–Crippen LogP) is 1.86. The Balaban J connectivity index is 2.39. The van der Waals surface area contributed by atoms with Crippen molar-refractivity contribution in [1.29, 1.82) is 0 Å². The second-order valence-electron chi connectivity index (χ2n) is 2.08. The molecule has 0 bridgehead atoms. The van der Waals surface area contributed by atoms with Gasteiger partial charge in [0.1, 0.15) is 0 Å². The van der Waals surface area contributed by atoms with Gasteiger partial charge in [-0.25, -0.2) is 0 Å². The van der Waals surface area contributed by atoms with Crippen LogP contribution in [0.2, 0.25) is 0 Å². The van der Waals surface area contributed by atoms with Gasteiger partial charge in [0.25, 0.3) is 0 Å². The molecule has 0 heterocycles. The first kappa shape index (κ1) is 6.04. The van der Waals surface area contributed by atoms with E-state index in [0.29, 0.717) is 5.25 Å². The Bertz CT molecular complexity index is 118. The molecule has 0 saturated heterocycles. The van der Waals surface area contributed by atoms with Crippen molar-refractivity contribution in [3.63, 3.8) is 0 Å². The zero-order valence-electron chi connectivity index (χ0n) is 4.85. The third kappa shape index (κ3) is 1.79. The van der Waals surface area contributed by atoms with Crippen LogP contribution in [0, 0.1) is 11.8 Å². The first-order chi connectivity index (χ1) is 3.89. The number of rotatable bonds is 0. The molecule has 0 spiro atoms. The van der Waals surface area contributed by atoms with Gasteiger partial charge >= 0.3 is 0 Å². The molecule has 44 valence electrons. The molecule has 0 aliphatic heterocycles. The van der Waals surface area contributed by atoms with Crippen molar-refractivity contribution in [1.82, 2.24) is 0 Å². The monoisotopic (exact) mass is 126 g/mol. The maximum absolute atomic E-state index is 4.26. The summed E-state index contributed by atoms with van der Waals surface area (Å²) in [5.74, 6) is 6.13. The van der Waals surface area contributed by atoms with E-state index in [1.807, 2.05) is 0 Å². The minimum atomic E-state index is 0.359. The lowest BCUT2D eigenvalue weighted by Gasteiger charge is -1.95. The fraction of sp³-hybridized carbons (Fsp3) is 0.714. The molecule has 1 atom stereocenters. The molecule has 0 saturated carbocycles. The molecule has 0 fully saturated rings. The van der Waals surface area contributed by atoms with Crippen LogP contribution >= 0.6 is 12.6 Å². The van der Waals surface area contributed by atoms with Crippen LogP contribution in [0.1, 0.15) is 25.7 Å². The maximum atomic E-state index is 4.26. The lowest BCUT2D eigenvalue weighted by molar-refractivity contribution is 0.730. The van der Waals surface area contributed by atoms with Crippen molar-refractivity contribution in [2.24, 2.45) is 0 Å². The van der Waals surface area contributed by atoms with Crippen LogP contribution in [0.3, 0.4) is 0 Å². The third-order valence-electron chi connectivity index (χ3n) is 1.30. The first-order valence-corrected chi connectivity index (χ1v) is 3.58. The highest BCUT2D eigenvalue weighted by Crippen LogP contribution is 2.10. The molecule has 0 radical (unpaired) electrons. The average Bonchev–Trinajstić information content (AvgIpc) is 1.94. The van der Waals surface area contributed by atoms with Crippen molar-refractivity contribution in [3.05, 3.63) is 0 Å². The van der Waals surface area contributed by atoms with Gasteiger partial charge in [0.05, 0.1) is 5.25 Å². The Hall–Kier alpha value is -0.0900. The number of hydrogen-bond donors (Lipinski definition) is 1. The molecule has 1 heteroatoms. The van der Waals surface area contributed by atoms with Crippen LogP contribution in [0.25, 0.3) is 0 Å². The van der Waals surface area contributed by atoms with Crippen molar-refractivity contribution in [2.45, 2.75) is 30.9 Å². The number of thiol groups is 1. The van der Waals surface area contributed by atoms with Crippen LogP contribution in [-0.4, -0.2) is 5.25 Å². The lowest BCUT2D eigenvalue weighted by Crippen LogP contribution is -1.90. The van der Waals surface area contributed by atoms with E-state index in [0.717, 1.165) is 6.42 Å². The van der Waals surface area contributed by atoms with E-state index in [4.69, 9.17) is 0 Å². The van der Waals surface area contributed by atoms with Gasteiger partial charge in [-0.05, 0) is 12.8 Å². The zero-order chi connectivity index (χ0) is 5.82. The Morgan fingerprint density at radius 1 is 1.38 bits per heavy atom. The Morgan fingerprint density at radius 2 is 2.25 bits per heavy atom. The highest BCUT2D eigenvalue weighted by Gasteiger charge is 1.99. The van der Waals surface area contributed by atoms with Crippen LogP contribution in [0.15, 0.2) is 0 Å². The minimum Gasteiger partial charge on any atom is -0.163 e. The Morgan fingerprint density at radius 3 is 3.12 bits per heavy atom. The molecule has 1 unspecified atom stereocenters. The highest BCUT2D eigenvalue weighted by molar-refractivity contribution is 7.81. The van der Waals surface area contributed by atoms with Gasteiger partial charge in [-0.2, -0.15) is 12.6 Å². The standard InChI is InChI=1S/C7H10S/c8-7-5-3-1-2-4-6-7/h7-8H,1-3,5H2. The molecule has 1 aliphatic carbocycles. The summed E-state index contributed by atoms with van der Waals surface area (Å²) < 4.78 is 0. The third-order valence-corrected chi connectivity index (χ3v) is 1.69. The van der Waals surface area contributed by atoms with E-state index in [-0.39, 0.29) is 0 Å². The molecule has 0 aromatic rings. The van der Waals surface area contributed by atoms with E-state index >= 15 is 0 Å². The topological polar surface area (TPSA) is 0 Å². The Labute approximate surface area is 56.1 Å². The molecule has 0 N–H and O–H groups in total. The van der Waals surface area contributed by atoms with Crippen LogP contribution < -0.4 is 0 Å². The summed E-state index contributed by atoms with van der Waals surface area (Å²) >= 11 is 4.26. The SMILES string of the molecule is SC1C#CCCCC1. The molecule has 0 nitrogen and oxygen atoms in total. The molecule has 0 aromatic heterocycles. The van der Waals surface area contributed by atoms with E-state index in [9.17, 15) is 0 Å². The van der Waals surface area contributed by atoms with Gasteiger partial charge in [-0.3, -0.25) is 0 Å². The van der Waals surface area contributed by atoms with Crippen molar-refractivity contribution < 1.29 is 0 Å². The van der Waals surface area contributed by atoms with Crippen molar-refractivity contribution in [2.75, 3.05) is 0 Å². The van der Waals surface area contributed by atoms with Crippen LogP contribution in [-0.2, 0) is 0 Å². The van der Waals surface area contributed by atoms with Gasteiger partial charge in [0.15, 0.2) is 0 Å². The molecule has 1 rings (SSSR count). The predicted molar refractivity (Wildman–Crippen MR) is 39.0 cm³/mol. The summed E-state index contributed by atoms with van der Waals surface area (Å²) in [6, 6.07) is 0. The minimum absolute atomic E-state index is 0.359. The zero-order valence-corrected chi connectivity index (χ0v) is 5.75.